The lowest BCUT2D eigenvalue weighted by atomic mass is 10.1. The van der Waals surface area contributed by atoms with E-state index in [-0.39, 0.29) is 24.6 Å². The summed E-state index contributed by atoms with van der Waals surface area (Å²) < 4.78 is 12.3. The number of benzene rings is 1. The van der Waals surface area contributed by atoms with Crippen molar-refractivity contribution in [3.8, 4) is 22.9 Å². The third kappa shape index (κ3) is 6.14. The summed E-state index contributed by atoms with van der Waals surface area (Å²) in [5.74, 6) is 1.74. The Bertz CT molecular complexity index is 1190. The zero-order chi connectivity index (χ0) is 24.6. The van der Waals surface area contributed by atoms with Gasteiger partial charge in [-0.15, -0.1) is 0 Å². The summed E-state index contributed by atoms with van der Waals surface area (Å²) in [5.41, 5.74) is 1.06. The van der Waals surface area contributed by atoms with Crippen LogP contribution in [0.15, 0.2) is 53.6 Å². The molecule has 0 radical (unpaired) electrons. The van der Waals surface area contributed by atoms with E-state index >= 15 is 0 Å². The van der Waals surface area contributed by atoms with Gasteiger partial charge in [0.2, 0.25) is 11.8 Å². The van der Waals surface area contributed by atoms with Crippen molar-refractivity contribution >= 4 is 11.7 Å². The number of rotatable bonds is 10. The average Bonchev–Trinajstić information content (AvgIpc) is 3.43. The highest BCUT2D eigenvalue weighted by Gasteiger charge is 2.18. The molecule has 10 heteroatoms. The first-order valence-corrected chi connectivity index (χ1v) is 11.9. The zero-order valence-electron chi connectivity index (χ0n) is 20.0. The molecular weight excluding hydrogens is 448 g/mol. The molecule has 1 aliphatic heterocycles. The number of carbonyl (C=O) groups excluding carboxylic acids is 1. The number of aromatic nitrogens is 4. The van der Waals surface area contributed by atoms with E-state index < -0.39 is 6.04 Å². The fourth-order valence-corrected chi connectivity index (χ4v) is 3.86. The molecular formula is C25H30N6O4. The van der Waals surface area contributed by atoms with Crippen molar-refractivity contribution in [2.75, 3.05) is 37.7 Å². The molecule has 0 bridgehead atoms. The van der Waals surface area contributed by atoms with Crippen molar-refractivity contribution in [1.82, 2.24) is 25.1 Å². The second-order valence-corrected chi connectivity index (χ2v) is 8.18. The summed E-state index contributed by atoms with van der Waals surface area (Å²) in [7, 11) is 0. The minimum Gasteiger partial charge on any atom is -0.494 e. The highest BCUT2D eigenvalue weighted by Crippen LogP contribution is 2.21. The Morgan fingerprint density at radius 1 is 1.09 bits per heavy atom. The molecule has 35 heavy (non-hydrogen) atoms. The Morgan fingerprint density at radius 2 is 1.86 bits per heavy atom. The van der Waals surface area contributed by atoms with Gasteiger partial charge in [-0.3, -0.25) is 9.59 Å². The van der Waals surface area contributed by atoms with Crippen LogP contribution >= 0.6 is 0 Å². The van der Waals surface area contributed by atoms with Crippen LogP contribution in [0.4, 0.5) is 5.82 Å². The smallest absolute Gasteiger partial charge is 0.267 e. The molecule has 4 rings (SSSR count). The molecule has 1 atom stereocenters. The van der Waals surface area contributed by atoms with Gasteiger partial charge in [0.1, 0.15) is 30.5 Å². The van der Waals surface area contributed by atoms with Gasteiger partial charge in [-0.05, 0) is 57.0 Å². The second kappa shape index (κ2) is 11.5. The normalized spacial score (nSPS) is 13.9. The van der Waals surface area contributed by atoms with Gasteiger partial charge in [0.05, 0.1) is 18.8 Å². The van der Waals surface area contributed by atoms with Gasteiger partial charge in [0.25, 0.3) is 5.56 Å². The molecule has 0 spiro atoms. The molecule has 3 heterocycles. The van der Waals surface area contributed by atoms with E-state index in [1.54, 1.807) is 13.0 Å². The number of anilines is 1. The van der Waals surface area contributed by atoms with Crippen LogP contribution in [0.2, 0.25) is 0 Å². The highest BCUT2D eigenvalue weighted by atomic mass is 16.5. The van der Waals surface area contributed by atoms with Crippen molar-refractivity contribution in [3.05, 3.63) is 59.1 Å². The van der Waals surface area contributed by atoms with Crippen molar-refractivity contribution in [2.45, 2.75) is 32.7 Å². The second-order valence-electron chi connectivity index (χ2n) is 8.18. The van der Waals surface area contributed by atoms with Crippen molar-refractivity contribution in [2.24, 2.45) is 0 Å². The Kier molecular flexibility index (Phi) is 7.92. The number of amides is 1. The van der Waals surface area contributed by atoms with E-state index in [0.717, 1.165) is 43.1 Å². The van der Waals surface area contributed by atoms with Crippen molar-refractivity contribution in [1.29, 1.82) is 0 Å². The Balaban J connectivity index is 1.32. The number of ether oxygens (including phenoxy) is 2. The standard InChI is InChI=1S/C25H30N6O4/c1-3-34-20-8-6-19(7-9-20)21-10-11-24(32)31(29-21)18(2)25(33)26-12-15-35-23-16-22(27-17-28-23)30-13-4-5-14-30/h6-11,16-18H,3-5,12-15H2,1-2H3,(H,26,33). The first kappa shape index (κ1) is 24.2. The van der Waals surface area contributed by atoms with Crippen molar-refractivity contribution < 1.29 is 14.3 Å². The molecule has 1 unspecified atom stereocenters. The molecule has 1 aliphatic rings. The van der Waals surface area contributed by atoms with Gasteiger partial charge in [-0.1, -0.05) is 0 Å². The molecule has 1 amide bonds. The lowest BCUT2D eigenvalue weighted by Crippen LogP contribution is -2.38. The minimum atomic E-state index is -0.786. The Hall–Kier alpha value is -3.95. The van der Waals surface area contributed by atoms with Gasteiger partial charge in [0, 0.05) is 30.8 Å². The van der Waals surface area contributed by atoms with Gasteiger partial charge < -0.3 is 19.7 Å². The number of carbonyl (C=O) groups is 1. The highest BCUT2D eigenvalue weighted by molar-refractivity contribution is 5.79. The van der Waals surface area contributed by atoms with Gasteiger partial charge >= 0.3 is 0 Å². The molecule has 1 N–H and O–H groups in total. The van der Waals surface area contributed by atoms with Crippen LogP contribution in [0.3, 0.4) is 0 Å². The molecule has 10 nitrogen and oxygen atoms in total. The fourth-order valence-electron chi connectivity index (χ4n) is 3.86. The average molecular weight is 479 g/mol. The first-order chi connectivity index (χ1) is 17.0. The van der Waals surface area contributed by atoms with Crippen LogP contribution in [0, 0.1) is 0 Å². The van der Waals surface area contributed by atoms with E-state index in [1.807, 2.05) is 37.3 Å². The van der Waals surface area contributed by atoms with Gasteiger partial charge in [0.15, 0.2) is 0 Å². The molecule has 1 aromatic carbocycles. The number of nitrogens with one attached hydrogen (secondary N) is 1. The largest absolute Gasteiger partial charge is 0.494 e. The monoisotopic (exact) mass is 478 g/mol. The van der Waals surface area contributed by atoms with Gasteiger partial charge in [-0.25, -0.2) is 14.6 Å². The summed E-state index contributed by atoms with van der Waals surface area (Å²) in [6, 6.07) is 11.5. The molecule has 184 valence electrons. The third-order valence-electron chi connectivity index (χ3n) is 5.74. The lowest BCUT2D eigenvalue weighted by molar-refractivity contribution is -0.124. The summed E-state index contributed by atoms with van der Waals surface area (Å²) in [4.78, 5) is 35.7. The van der Waals surface area contributed by atoms with Crippen LogP contribution in [0.25, 0.3) is 11.3 Å². The Morgan fingerprint density at radius 3 is 2.60 bits per heavy atom. The maximum atomic E-state index is 12.7. The number of hydrogen-bond acceptors (Lipinski definition) is 8. The molecule has 0 saturated carbocycles. The fraction of sp³-hybridized carbons (Fsp3) is 0.400. The quantitative estimate of drug-likeness (QED) is 0.443. The van der Waals surface area contributed by atoms with Crippen LogP contribution in [-0.2, 0) is 4.79 Å². The van der Waals surface area contributed by atoms with E-state index in [4.69, 9.17) is 9.47 Å². The van der Waals surface area contributed by atoms with E-state index in [1.165, 1.54) is 17.1 Å². The molecule has 2 aromatic heterocycles. The van der Waals surface area contributed by atoms with Crippen LogP contribution < -0.4 is 25.2 Å². The molecule has 3 aromatic rings. The lowest BCUT2D eigenvalue weighted by Gasteiger charge is -2.17. The summed E-state index contributed by atoms with van der Waals surface area (Å²) in [5, 5.41) is 7.21. The summed E-state index contributed by atoms with van der Waals surface area (Å²) in [6.45, 7) is 6.61. The SMILES string of the molecule is CCOc1ccc(-c2ccc(=O)n(C(C)C(=O)NCCOc3cc(N4CCCC4)ncn3)n2)cc1. The predicted molar refractivity (Wildman–Crippen MR) is 132 cm³/mol. The third-order valence-corrected chi connectivity index (χ3v) is 5.74. The van der Waals surface area contributed by atoms with E-state index in [0.29, 0.717) is 18.2 Å². The first-order valence-electron chi connectivity index (χ1n) is 11.9. The number of hydrogen-bond donors (Lipinski definition) is 1. The zero-order valence-corrected chi connectivity index (χ0v) is 20.0. The van der Waals surface area contributed by atoms with Crippen LogP contribution in [-0.4, -0.2) is 58.5 Å². The van der Waals surface area contributed by atoms with Crippen molar-refractivity contribution in [3.63, 3.8) is 0 Å². The van der Waals surface area contributed by atoms with Crippen LogP contribution in [0.5, 0.6) is 11.6 Å². The predicted octanol–water partition coefficient (Wildman–Crippen LogP) is 2.46. The molecule has 1 fully saturated rings. The number of nitrogens with zero attached hydrogens (tertiary/aromatic N) is 5. The van der Waals surface area contributed by atoms with Crippen LogP contribution in [0.1, 0.15) is 32.7 Å². The molecule has 1 saturated heterocycles. The molecule has 0 aliphatic carbocycles. The van der Waals surface area contributed by atoms with Gasteiger partial charge in [-0.2, -0.15) is 5.10 Å². The van der Waals surface area contributed by atoms with E-state index in [9.17, 15) is 9.59 Å². The summed E-state index contributed by atoms with van der Waals surface area (Å²) >= 11 is 0. The minimum absolute atomic E-state index is 0.240. The maximum Gasteiger partial charge on any atom is 0.267 e. The van der Waals surface area contributed by atoms with E-state index in [2.05, 4.69) is 25.3 Å². The topological polar surface area (TPSA) is 111 Å². The Labute approximate surface area is 203 Å². The summed E-state index contributed by atoms with van der Waals surface area (Å²) in [6.07, 6.45) is 3.80. The maximum absolute atomic E-state index is 12.7.